The van der Waals surface area contributed by atoms with Crippen LogP contribution in [0.5, 0.6) is 0 Å². The van der Waals surface area contributed by atoms with Crippen LogP contribution in [0, 0.1) is 6.92 Å². The van der Waals surface area contributed by atoms with Gasteiger partial charge in [0.15, 0.2) is 0 Å². The van der Waals surface area contributed by atoms with Crippen LogP contribution >= 0.6 is 0 Å². The minimum absolute atomic E-state index is 0.193. The summed E-state index contributed by atoms with van der Waals surface area (Å²) in [6.07, 6.45) is 0. The van der Waals surface area contributed by atoms with E-state index in [4.69, 9.17) is 0 Å². The maximum atomic E-state index is 13.2. The van der Waals surface area contributed by atoms with Crippen molar-refractivity contribution < 1.29 is 9.59 Å². The van der Waals surface area contributed by atoms with Crippen LogP contribution < -0.4 is 10.6 Å². The number of hydrogen-bond acceptors (Lipinski definition) is 2. The highest BCUT2D eigenvalue weighted by Crippen LogP contribution is 2.25. The van der Waals surface area contributed by atoms with E-state index in [0.29, 0.717) is 23.4 Å². The molecule has 5 aromatic carbocycles. The Kier molecular flexibility index (Phi) is 7.42. The van der Waals surface area contributed by atoms with Gasteiger partial charge in [-0.2, -0.15) is 0 Å². The zero-order valence-corrected chi connectivity index (χ0v) is 21.1. The Labute approximate surface area is 223 Å². The first-order valence-corrected chi connectivity index (χ1v) is 12.6. The van der Waals surface area contributed by atoms with Gasteiger partial charge < -0.3 is 10.6 Å². The molecule has 0 radical (unpaired) electrons. The van der Waals surface area contributed by atoms with Crippen LogP contribution in [0.1, 0.15) is 31.8 Å². The summed E-state index contributed by atoms with van der Waals surface area (Å²) in [6, 6.07) is 41.1. The number of rotatable bonds is 7. The number of aryl methyl sites for hydroxylation is 1. The standard InChI is InChI=1S/C34H28N2O2/c1-24-20-29(33(37)35-23-25-16-18-27(19-17-25)26-10-4-2-5-11-26)22-30(21-24)36-34(38)32-15-9-8-14-31(32)28-12-6-3-7-13-28/h2-22H,23H2,1H3,(H,35,37)(H,36,38). The van der Waals surface area contributed by atoms with E-state index in [0.717, 1.165) is 33.4 Å². The van der Waals surface area contributed by atoms with Crippen molar-refractivity contribution in [2.45, 2.75) is 13.5 Å². The van der Waals surface area contributed by atoms with Gasteiger partial charge in [-0.1, -0.05) is 103 Å². The average Bonchev–Trinajstić information content (AvgIpc) is 2.97. The monoisotopic (exact) mass is 496 g/mol. The molecule has 0 spiro atoms. The van der Waals surface area contributed by atoms with Crippen LogP contribution in [-0.2, 0) is 6.54 Å². The second-order valence-electron chi connectivity index (χ2n) is 9.20. The molecule has 0 saturated carbocycles. The largest absolute Gasteiger partial charge is 0.348 e. The Balaban J connectivity index is 1.27. The molecule has 0 bridgehead atoms. The van der Waals surface area contributed by atoms with Gasteiger partial charge in [0.1, 0.15) is 0 Å². The molecule has 0 saturated heterocycles. The molecule has 186 valence electrons. The SMILES string of the molecule is Cc1cc(NC(=O)c2ccccc2-c2ccccc2)cc(C(=O)NCc2ccc(-c3ccccc3)cc2)c1. The van der Waals surface area contributed by atoms with Crippen molar-refractivity contribution in [1.29, 1.82) is 0 Å². The van der Waals surface area contributed by atoms with E-state index < -0.39 is 0 Å². The number of carbonyl (C=O) groups is 2. The predicted molar refractivity (Wildman–Crippen MR) is 154 cm³/mol. The molecule has 0 aliphatic carbocycles. The van der Waals surface area contributed by atoms with Crippen LogP contribution in [0.2, 0.25) is 0 Å². The van der Waals surface area contributed by atoms with Crippen LogP contribution in [0.3, 0.4) is 0 Å². The first-order valence-electron chi connectivity index (χ1n) is 12.6. The minimum Gasteiger partial charge on any atom is -0.348 e. The van der Waals surface area contributed by atoms with Gasteiger partial charge in [0.05, 0.1) is 0 Å². The van der Waals surface area contributed by atoms with Crippen LogP contribution in [0.4, 0.5) is 5.69 Å². The molecule has 0 fully saturated rings. The third-order valence-corrected chi connectivity index (χ3v) is 6.37. The molecular weight excluding hydrogens is 468 g/mol. The third kappa shape index (κ3) is 5.88. The lowest BCUT2D eigenvalue weighted by Crippen LogP contribution is -2.23. The first-order chi connectivity index (χ1) is 18.6. The van der Waals surface area contributed by atoms with E-state index in [2.05, 4.69) is 34.9 Å². The Hall–Kier alpha value is -4.96. The minimum atomic E-state index is -0.222. The van der Waals surface area contributed by atoms with Crippen molar-refractivity contribution in [3.8, 4) is 22.3 Å². The second kappa shape index (κ2) is 11.4. The lowest BCUT2D eigenvalue weighted by atomic mass is 9.99. The summed E-state index contributed by atoms with van der Waals surface area (Å²) in [6.45, 7) is 2.32. The molecule has 5 rings (SSSR count). The normalized spacial score (nSPS) is 10.6. The molecule has 5 aromatic rings. The molecule has 38 heavy (non-hydrogen) atoms. The quantitative estimate of drug-likeness (QED) is 0.245. The van der Waals surface area contributed by atoms with Gasteiger partial charge >= 0.3 is 0 Å². The number of hydrogen-bond donors (Lipinski definition) is 2. The van der Waals surface area contributed by atoms with Crippen molar-refractivity contribution in [3.05, 3.63) is 150 Å². The Morgan fingerprint density at radius 1 is 0.605 bits per heavy atom. The van der Waals surface area contributed by atoms with E-state index in [1.165, 1.54) is 0 Å². The number of nitrogens with one attached hydrogen (secondary N) is 2. The Morgan fingerprint density at radius 3 is 1.92 bits per heavy atom. The van der Waals surface area contributed by atoms with Crippen molar-refractivity contribution in [2.24, 2.45) is 0 Å². The molecule has 0 aliphatic rings. The highest BCUT2D eigenvalue weighted by molar-refractivity contribution is 6.09. The molecule has 0 atom stereocenters. The fourth-order valence-electron chi connectivity index (χ4n) is 4.47. The molecule has 4 heteroatoms. The smallest absolute Gasteiger partial charge is 0.256 e. The fourth-order valence-corrected chi connectivity index (χ4v) is 4.47. The summed E-state index contributed by atoms with van der Waals surface area (Å²) in [4.78, 5) is 26.2. The summed E-state index contributed by atoms with van der Waals surface area (Å²) in [5.41, 5.74) is 7.66. The topological polar surface area (TPSA) is 58.2 Å². The summed E-state index contributed by atoms with van der Waals surface area (Å²) in [5, 5.41) is 5.97. The second-order valence-corrected chi connectivity index (χ2v) is 9.20. The Morgan fingerprint density at radius 2 is 1.21 bits per heavy atom. The van der Waals surface area contributed by atoms with Crippen molar-refractivity contribution in [3.63, 3.8) is 0 Å². The lowest BCUT2D eigenvalue weighted by molar-refractivity contribution is 0.0949. The van der Waals surface area contributed by atoms with Crippen molar-refractivity contribution in [1.82, 2.24) is 5.32 Å². The van der Waals surface area contributed by atoms with Gasteiger partial charge in [-0.3, -0.25) is 9.59 Å². The fraction of sp³-hybridized carbons (Fsp3) is 0.0588. The molecular formula is C34H28N2O2. The van der Waals surface area contributed by atoms with E-state index in [1.807, 2.05) is 104 Å². The summed E-state index contributed by atoms with van der Waals surface area (Å²) in [7, 11) is 0. The van der Waals surface area contributed by atoms with E-state index in [9.17, 15) is 9.59 Å². The van der Waals surface area contributed by atoms with Crippen molar-refractivity contribution in [2.75, 3.05) is 5.32 Å². The summed E-state index contributed by atoms with van der Waals surface area (Å²) in [5.74, 6) is -0.416. The number of amides is 2. The molecule has 2 amide bonds. The van der Waals surface area contributed by atoms with Gasteiger partial charge in [-0.25, -0.2) is 0 Å². The first kappa shape index (κ1) is 24.7. The van der Waals surface area contributed by atoms with E-state index >= 15 is 0 Å². The highest BCUT2D eigenvalue weighted by atomic mass is 16.2. The van der Waals surface area contributed by atoms with Gasteiger partial charge in [-0.05, 0) is 64.6 Å². The zero-order valence-electron chi connectivity index (χ0n) is 21.1. The van der Waals surface area contributed by atoms with Gasteiger partial charge in [0.25, 0.3) is 11.8 Å². The molecule has 0 aromatic heterocycles. The average molecular weight is 497 g/mol. The number of carbonyl (C=O) groups excluding carboxylic acids is 2. The number of anilines is 1. The summed E-state index contributed by atoms with van der Waals surface area (Å²) < 4.78 is 0. The maximum Gasteiger partial charge on any atom is 0.256 e. The highest BCUT2D eigenvalue weighted by Gasteiger charge is 2.14. The maximum absolute atomic E-state index is 13.2. The van der Waals surface area contributed by atoms with E-state index in [-0.39, 0.29) is 11.8 Å². The van der Waals surface area contributed by atoms with Gasteiger partial charge in [0, 0.05) is 23.4 Å². The molecule has 2 N–H and O–H groups in total. The van der Waals surface area contributed by atoms with Crippen LogP contribution in [0.15, 0.2) is 127 Å². The third-order valence-electron chi connectivity index (χ3n) is 6.37. The summed E-state index contributed by atoms with van der Waals surface area (Å²) >= 11 is 0. The van der Waals surface area contributed by atoms with Gasteiger partial charge in [0.2, 0.25) is 0 Å². The molecule has 0 heterocycles. The zero-order chi connectivity index (χ0) is 26.3. The molecule has 0 unspecified atom stereocenters. The number of benzene rings is 5. The van der Waals surface area contributed by atoms with Gasteiger partial charge in [-0.15, -0.1) is 0 Å². The van der Waals surface area contributed by atoms with Crippen LogP contribution in [-0.4, -0.2) is 11.8 Å². The van der Waals surface area contributed by atoms with Crippen molar-refractivity contribution >= 4 is 17.5 Å². The van der Waals surface area contributed by atoms with Crippen LogP contribution in [0.25, 0.3) is 22.3 Å². The van der Waals surface area contributed by atoms with E-state index in [1.54, 1.807) is 6.07 Å². The molecule has 0 aliphatic heterocycles. The lowest BCUT2D eigenvalue weighted by Gasteiger charge is -2.13. The molecule has 4 nitrogen and oxygen atoms in total. The Bertz CT molecular complexity index is 1560. The predicted octanol–water partition coefficient (Wildman–Crippen LogP) is 7.51.